The summed E-state index contributed by atoms with van der Waals surface area (Å²) < 4.78 is 6.65. The number of methoxy groups -OCH3 is 1. The van der Waals surface area contributed by atoms with Gasteiger partial charge in [-0.25, -0.2) is 0 Å². The molecule has 0 saturated heterocycles. The minimum Gasteiger partial charge on any atom is -0.496 e. The highest BCUT2D eigenvalue weighted by molar-refractivity contribution is 14.1. The van der Waals surface area contributed by atoms with E-state index in [1.807, 2.05) is 25.2 Å². The molecule has 1 unspecified atom stereocenters. The number of benzene rings is 2. The highest BCUT2D eigenvalue weighted by atomic mass is 127. The highest BCUT2D eigenvalue weighted by Gasteiger charge is 2.17. The topological polar surface area (TPSA) is 21.3 Å². The normalized spacial score (nSPS) is 12.3. The first kappa shape index (κ1) is 16.6. The molecule has 0 saturated carbocycles. The van der Waals surface area contributed by atoms with Crippen LogP contribution in [0.1, 0.15) is 28.3 Å². The van der Waals surface area contributed by atoms with Gasteiger partial charge in [0.15, 0.2) is 0 Å². The quantitative estimate of drug-likeness (QED) is 0.719. The third-order valence-corrected chi connectivity index (χ3v) is 4.80. The smallest absolute Gasteiger partial charge is 0.124 e. The van der Waals surface area contributed by atoms with Crippen LogP contribution in [0.25, 0.3) is 0 Å². The van der Waals surface area contributed by atoms with Gasteiger partial charge in [-0.1, -0.05) is 23.7 Å². The van der Waals surface area contributed by atoms with Crippen molar-refractivity contribution in [3.8, 4) is 5.75 Å². The second-order valence-corrected chi connectivity index (χ2v) is 6.67. The Morgan fingerprint density at radius 2 is 1.76 bits per heavy atom. The molecule has 0 aliphatic heterocycles. The van der Waals surface area contributed by atoms with Crippen LogP contribution in [-0.4, -0.2) is 14.2 Å². The van der Waals surface area contributed by atoms with E-state index in [4.69, 9.17) is 16.3 Å². The van der Waals surface area contributed by atoms with E-state index in [-0.39, 0.29) is 6.04 Å². The molecule has 4 heteroatoms. The van der Waals surface area contributed by atoms with Crippen LogP contribution < -0.4 is 10.1 Å². The van der Waals surface area contributed by atoms with Crippen LogP contribution in [0.4, 0.5) is 0 Å². The van der Waals surface area contributed by atoms with Crippen molar-refractivity contribution < 1.29 is 4.74 Å². The van der Waals surface area contributed by atoms with Crippen LogP contribution in [0.3, 0.4) is 0 Å². The van der Waals surface area contributed by atoms with Crippen molar-refractivity contribution in [2.24, 2.45) is 0 Å². The van der Waals surface area contributed by atoms with Crippen molar-refractivity contribution in [1.29, 1.82) is 0 Å². The van der Waals surface area contributed by atoms with E-state index >= 15 is 0 Å². The first-order valence-corrected chi connectivity index (χ1v) is 8.21. The molecule has 1 N–H and O–H groups in total. The Morgan fingerprint density at radius 1 is 1.14 bits per heavy atom. The number of halogens is 2. The Labute approximate surface area is 145 Å². The van der Waals surface area contributed by atoms with Gasteiger partial charge in [-0.05, 0) is 83.9 Å². The van der Waals surface area contributed by atoms with Crippen molar-refractivity contribution in [1.82, 2.24) is 5.32 Å². The van der Waals surface area contributed by atoms with E-state index < -0.39 is 0 Å². The van der Waals surface area contributed by atoms with Crippen molar-refractivity contribution in [3.63, 3.8) is 0 Å². The lowest BCUT2D eigenvalue weighted by Crippen LogP contribution is -2.19. The Hall–Kier alpha value is -0.780. The predicted octanol–water partition coefficient (Wildman–Crippen LogP) is 4.88. The molecule has 0 amide bonds. The molecule has 0 fully saturated rings. The van der Waals surface area contributed by atoms with Crippen molar-refractivity contribution >= 4 is 34.2 Å². The van der Waals surface area contributed by atoms with Gasteiger partial charge in [-0.3, -0.25) is 0 Å². The van der Waals surface area contributed by atoms with Gasteiger partial charge in [0.05, 0.1) is 13.2 Å². The van der Waals surface area contributed by atoms with Gasteiger partial charge in [-0.2, -0.15) is 0 Å². The molecule has 112 valence electrons. The maximum absolute atomic E-state index is 6.16. The van der Waals surface area contributed by atoms with Gasteiger partial charge in [0, 0.05) is 8.59 Å². The zero-order valence-electron chi connectivity index (χ0n) is 12.6. The molecular weight excluding hydrogens is 397 g/mol. The molecule has 0 aromatic heterocycles. The lowest BCUT2D eigenvalue weighted by Gasteiger charge is -2.21. The number of hydrogen-bond donors (Lipinski definition) is 1. The standard InChI is InChI=1S/C17H19ClINO/c1-10-7-12(8-11(2)17(10)21-4)16(20-3)14-9-13(18)5-6-15(14)19/h5-9,16,20H,1-4H3. The summed E-state index contributed by atoms with van der Waals surface area (Å²) in [6, 6.07) is 10.4. The third kappa shape index (κ3) is 3.52. The molecule has 0 bridgehead atoms. The summed E-state index contributed by atoms with van der Waals surface area (Å²) in [5.74, 6) is 0.953. The molecule has 0 heterocycles. The Kier molecular flexibility index (Phi) is 5.52. The molecule has 2 aromatic rings. The van der Waals surface area contributed by atoms with Crippen LogP contribution in [-0.2, 0) is 0 Å². The third-order valence-electron chi connectivity index (χ3n) is 3.58. The van der Waals surface area contributed by atoms with Crippen molar-refractivity contribution in [3.05, 3.63) is 61.2 Å². The van der Waals surface area contributed by atoms with E-state index in [1.165, 1.54) is 14.7 Å². The molecule has 1 atom stereocenters. The van der Waals surface area contributed by atoms with Crippen LogP contribution >= 0.6 is 34.2 Å². The number of hydrogen-bond acceptors (Lipinski definition) is 2. The zero-order valence-corrected chi connectivity index (χ0v) is 15.5. The summed E-state index contributed by atoms with van der Waals surface area (Å²) in [5.41, 5.74) is 4.69. The van der Waals surface area contributed by atoms with E-state index in [0.29, 0.717) is 0 Å². The van der Waals surface area contributed by atoms with Crippen molar-refractivity contribution in [2.45, 2.75) is 19.9 Å². The minimum atomic E-state index is 0.110. The fourth-order valence-electron chi connectivity index (χ4n) is 2.71. The van der Waals surface area contributed by atoms with Gasteiger partial charge < -0.3 is 10.1 Å². The van der Waals surface area contributed by atoms with Crippen LogP contribution in [0.2, 0.25) is 5.02 Å². The van der Waals surface area contributed by atoms with Gasteiger partial charge in [0.1, 0.15) is 5.75 Å². The summed E-state index contributed by atoms with van der Waals surface area (Å²) in [6.07, 6.45) is 0. The SMILES string of the molecule is CNC(c1cc(C)c(OC)c(C)c1)c1cc(Cl)ccc1I. The zero-order chi connectivity index (χ0) is 15.6. The molecule has 0 aliphatic carbocycles. The second-order valence-electron chi connectivity index (χ2n) is 5.08. The molecule has 0 spiro atoms. The molecule has 0 aliphatic rings. The Morgan fingerprint density at radius 3 is 2.29 bits per heavy atom. The molecule has 0 radical (unpaired) electrons. The van der Waals surface area contributed by atoms with Gasteiger partial charge in [-0.15, -0.1) is 0 Å². The molecule has 21 heavy (non-hydrogen) atoms. The monoisotopic (exact) mass is 415 g/mol. The van der Waals surface area contributed by atoms with Crippen molar-refractivity contribution in [2.75, 3.05) is 14.2 Å². The van der Waals surface area contributed by atoms with Gasteiger partial charge in [0.2, 0.25) is 0 Å². The summed E-state index contributed by atoms with van der Waals surface area (Å²) in [4.78, 5) is 0. The number of aryl methyl sites for hydroxylation is 2. The average molecular weight is 416 g/mol. The van der Waals surface area contributed by atoms with Crippen LogP contribution in [0.5, 0.6) is 5.75 Å². The van der Waals surface area contributed by atoms with Gasteiger partial charge >= 0.3 is 0 Å². The predicted molar refractivity (Wildman–Crippen MR) is 97.5 cm³/mol. The molecular formula is C17H19ClINO. The Bertz CT molecular complexity index is 634. The van der Waals surface area contributed by atoms with E-state index in [1.54, 1.807) is 7.11 Å². The fourth-order valence-corrected chi connectivity index (χ4v) is 3.54. The van der Waals surface area contributed by atoms with E-state index in [0.717, 1.165) is 21.9 Å². The van der Waals surface area contributed by atoms with Gasteiger partial charge in [0.25, 0.3) is 0 Å². The minimum absolute atomic E-state index is 0.110. The first-order valence-electron chi connectivity index (χ1n) is 6.75. The highest BCUT2D eigenvalue weighted by Crippen LogP contribution is 2.32. The lowest BCUT2D eigenvalue weighted by molar-refractivity contribution is 0.408. The summed E-state index contributed by atoms with van der Waals surface area (Å²) in [5, 5.41) is 4.15. The summed E-state index contributed by atoms with van der Waals surface area (Å²) >= 11 is 8.51. The lowest BCUT2D eigenvalue weighted by atomic mass is 9.95. The number of ether oxygens (including phenoxy) is 1. The summed E-state index contributed by atoms with van der Waals surface area (Å²) in [7, 11) is 3.68. The van der Waals surface area contributed by atoms with Crippen LogP contribution in [0.15, 0.2) is 30.3 Å². The van der Waals surface area contributed by atoms with E-state index in [9.17, 15) is 0 Å². The molecule has 2 aromatic carbocycles. The average Bonchev–Trinajstić information content (AvgIpc) is 2.43. The number of nitrogens with one attached hydrogen (secondary N) is 1. The maximum Gasteiger partial charge on any atom is 0.124 e. The maximum atomic E-state index is 6.16. The molecule has 2 rings (SSSR count). The fraction of sp³-hybridized carbons (Fsp3) is 0.294. The molecule has 2 nitrogen and oxygen atoms in total. The van der Waals surface area contributed by atoms with Crippen LogP contribution in [0, 0.1) is 17.4 Å². The largest absolute Gasteiger partial charge is 0.496 e. The summed E-state index contributed by atoms with van der Waals surface area (Å²) in [6.45, 7) is 4.15. The first-order chi connectivity index (χ1) is 9.97. The second kappa shape index (κ2) is 6.99. The number of rotatable bonds is 4. The Balaban J connectivity index is 2.54. The van der Waals surface area contributed by atoms with E-state index in [2.05, 4.69) is 53.9 Å².